The first-order chi connectivity index (χ1) is 11.5. The Morgan fingerprint density at radius 1 is 1.29 bits per heavy atom. The predicted octanol–water partition coefficient (Wildman–Crippen LogP) is 2.44. The summed E-state index contributed by atoms with van der Waals surface area (Å²) < 4.78 is 0. The van der Waals surface area contributed by atoms with Crippen molar-refractivity contribution < 1.29 is 9.59 Å². The number of rotatable bonds is 5. The number of hydrogen-bond donors (Lipinski definition) is 2. The number of nitrogens with zero attached hydrogens (tertiary/aromatic N) is 1. The van der Waals surface area contributed by atoms with Gasteiger partial charge in [0.2, 0.25) is 5.91 Å². The first-order valence-corrected chi connectivity index (χ1v) is 8.16. The van der Waals surface area contributed by atoms with Gasteiger partial charge in [-0.2, -0.15) is 0 Å². The van der Waals surface area contributed by atoms with E-state index in [9.17, 15) is 9.59 Å². The van der Waals surface area contributed by atoms with Crippen LogP contribution in [0.25, 0.3) is 11.3 Å². The first-order valence-electron chi connectivity index (χ1n) is 8.16. The van der Waals surface area contributed by atoms with E-state index in [1.807, 2.05) is 31.2 Å². The number of nitrogens with two attached hydrogens (primary N) is 1. The van der Waals surface area contributed by atoms with Gasteiger partial charge in [0, 0.05) is 24.2 Å². The Morgan fingerprint density at radius 2 is 2.08 bits per heavy atom. The van der Waals surface area contributed by atoms with Gasteiger partial charge in [-0.1, -0.05) is 23.8 Å². The van der Waals surface area contributed by atoms with Gasteiger partial charge < -0.3 is 5.73 Å². The van der Waals surface area contributed by atoms with Gasteiger partial charge in [0.05, 0.1) is 11.3 Å². The molecular weight excluding hydrogens is 302 g/mol. The van der Waals surface area contributed by atoms with Crippen molar-refractivity contribution >= 4 is 11.8 Å². The predicted molar refractivity (Wildman–Crippen MR) is 92.2 cm³/mol. The molecule has 1 aromatic carbocycles. The molecule has 0 spiro atoms. The summed E-state index contributed by atoms with van der Waals surface area (Å²) in [6.45, 7) is 2.02. The highest BCUT2D eigenvalue weighted by molar-refractivity contribution is 6.04. The normalized spacial score (nSPS) is 14.9. The van der Waals surface area contributed by atoms with E-state index in [0.29, 0.717) is 11.5 Å². The van der Waals surface area contributed by atoms with Gasteiger partial charge in [0.1, 0.15) is 0 Å². The van der Waals surface area contributed by atoms with Gasteiger partial charge in [-0.25, -0.2) is 0 Å². The third kappa shape index (κ3) is 4.06. The summed E-state index contributed by atoms with van der Waals surface area (Å²) in [5.74, 6) is -0.338. The van der Waals surface area contributed by atoms with E-state index < -0.39 is 5.91 Å². The van der Waals surface area contributed by atoms with Gasteiger partial charge in [-0.05, 0) is 43.9 Å². The molecular formula is C19H21N3O2. The van der Waals surface area contributed by atoms with Gasteiger partial charge >= 0.3 is 0 Å². The van der Waals surface area contributed by atoms with E-state index in [2.05, 4.69) is 10.3 Å². The van der Waals surface area contributed by atoms with Gasteiger partial charge in [-0.3, -0.25) is 19.9 Å². The molecule has 0 bridgehead atoms. The van der Waals surface area contributed by atoms with Gasteiger partial charge in [0.25, 0.3) is 5.91 Å². The van der Waals surface area contributed by atoms with Crippen molar-refractivity contribution in [1.82, 2.24) is 10.3 Å². The van der Waals surface area contributed by atoms with Crippen molar-refractivity contribution in [1.29, 1.82) is 0 Å². The van der Waals surface area contributed by atoms with Gasteiger partial charge in [-0.15, -0.1) is 0 Å². The molecule has 0 saturated heterocycles. The second kappa shape index (κ2) is 6.93. The van der Waals surface area contributed by atoms with Crippen molar-refractivity contribution in [3.8, 4) is 11.3 Å². The molecule has 1 aliphatic rings. The van der Waals surface area contributed by atoms with Crippen LogP contribution in [0.4, 0.5) is 0 Å². The first kappa shape index (κ1) is 16.3. The highest BCUT2D eigenvalue weighted by Crippen LogP contribution is 2.32. The number of imide groups is 1. The van der Waals surface area contributed by atoms with E-state index in [1.165, 1.54) is 6.20 Å². The van der Waals surface area contributed by atoms with Crippen LogP contribution < -0.4 is 11.1 Å². The SMILES string of the molecule is Cc1cccc(-c2ccc(C(=O)NC(=O)CC(N)C3CC3)cn2)c1. The number of hydrogen-bond acceptors (Lipinski definition) is 4. The summed E-state index contributed by atoms with van der Waals surface area (Å²) in [5, 5.41) is 2.38. The quantitative estimate of drug-likeness (QED) is 0.885. The van der Waals surface area contributed by atoms with Crippen LogP contribution in [-0.4, -0.2) is 22.8 Å². The zero-order valence-electron chi connectivity index (χ0n) is 13.7. The lowest BCUT2D eigenvalue weighted by Gasteiger charge is -2.10. The fraction of sp³-hybridized carbons (Fsp3) is 0.316. The zero-order chi connectivity index (χ0) is 17.1. The van der Waals surface area contributed by atoms with Crippen molar-refractivity contribution in [2.24, 2.45) is 11.7 Å². The van der Waals surface area contributed by atoms with Crippen molar-refractivity contribution in [2.75, 3.05) is 0 Å². The van der Waals surface area contributed by atoms with Crippen LogP contribution in [0, 0.1) is 12.8 Å². The summed E-state index contributed by atoms with van der Waals surface area (Å²) >= 11 is 0. The van der Waals surface area contributed by atoms with Gasteiger partial charge in [0.15, 0.2) is 0 Å². The molecule has 3 N–H and O–H groups in total. The second-order valence-corrected chi connectivity index (χ2v) is 6.38. The number of pyridine rings is 1. The molecule has 24 heavy (non-hydrogen) atoms. The molecule has 1 aromatic heterocycles. The summed E-state index contributed by atoms with van der Waals surface area (Å²) in [4.78, 5) is 28.3. The lowest BCUT2D eigenvalue weighted by atomic mass is 10.1. The fourth-order valence-corrected chi connectivity index (χ4v) is 2.66. The topological polar surface area (TPSA) is 85.1 Å². The molecule has 0 radical (unpaired) electrons. The molecule has 1 unspecified atom stereocenters. The van der Waals surface area contributed by atoms with E-state index in [4.69, 9.17) is 5.73 Å². The fourth-order valence-electron chi connectivity index (χ4n) is 2.66. The molecule has 1 heterocycles. The number of amides is 2. The van der Waals surface area contributed by atoms with E-state index in [0.717, 1.165) is 29.7 Å². The molecule has 0 aliphatic heterocycles. The summed E-state index contributed by atoms with van der Waals surface area (Å²) in [6, 6.07) is 11.3. The van der Waals surface area contributed by atoms with Crippen LogP contribution in [0.1, 0.15) is 35.2 Å². The Kier molecular flexibility index (Phi) is 4.71. The molecule has 5 nitrogen and oxygen atoms in total. The summed E-state index contributed by atoms with van der Waals surface area (Å²) in [6.07, 6.45) is 3.83. The lowest BCUT2D eigenvalue weighted by molar-refractivity contribution is -0.120. The third-order valence-corrected chi connectivity index (χ3v) is 4.24. The Balaban J connectivity index is 1.62. The largest absolute Gasteiger partial charge is 0.327 e. The van der Waals surface area contributed by atoms with E-state index >= 15 is 0 Å². The molecule has 2 amide bonds. The molecule has 124 valence electrons. The number of carbonyl (C=O) groups excluding carboxylic acids is 2. The summed E-state index contributed by atoms with van der Waals surface area (Å²) in [7, 11) is 0. The molecule has 1 fully saturated rings. The molecule has 1 saturated carbocycles. The van der Waals surface area contributed by atoms with Crippen molar-refractivity contribution in [3.05, 3.63) is 53.7 Å². The highest BCUT2D eigenvalue weighted by Gasteiger charge is 2.30. The minimum absolute atomic E-state index is 0.153. The van der Waals surface area contributed by atoms with Crippen LogP contribution in [0.15, 0.2) is 42.6 Å². The van der Waals surface area contributed by atoms with Crippen LogP contribution in [-0.2, 0) is 4.79 Å². The van der Waals surface area contributed by atoms with Crippen molar-refractivity contribution in [3.63, 3.8) is 0 Å². The number of aryl methyl sites for hydroxylation is 1. The number of aromatic nitrogens is 1. The molecule has 5 heteroatoms. The number of nitrogens with one attached hydrogen (secondary N) is 1. The monoisotopic (exact) mass is 323 g/mol. The molecule has 1 aliphatic carbocycles. The summed E-state index contributed by atoms with van der Waals surface area (Å²) in [5.41, 5.74) is 9.20. The molecule has 3 rings (SSSR count). The Labute approximate surface area is 141 Å². The average Bonchev–Trinajstić information content (AvgIpc) is 3.40. The smallest absolute Gasteiger partial charge is 0.259 e. The van der Waals surface area contributed by atoms with Crippen LogP contribution in [0.5, 0.6) is 0 Å². The Morgan fingerprint density at radius 3 is 2.71 bits per heavy atom. The van der Waals surface area contributed by atoms with E-state index in [-0.39, 0.29) is 18.4 Å². The molecule has 1 atom stereocenters. The van der Waals surface area contributed by atoms with Crippen LogP contribution in [0.3, 0.4) is 0 Å². The maximum absolute atomic E-state index is 12.1. The standard InChI is InChI=1S/C19H21N3O2/c1-12-3-2-4-14(9-12)17-8-7-15(11-21-17)19(24)22-18(23)10-16(20)13-5-6-13/h2-4,7-9,11,13,16H,5-6,10,20H2,1H3,(H,22,23,24). The van der Waals surface area contributed by atoms with Crippen molar-refractivity contribution in [2.45, 2.75) is 32.2 Å². The Hall–Kier alpha value is -2.53. The minimum Gasteiger partial charge on any atom is -0.327 e. The number of benzene rings is 1. The minimum atomic E-state index is -0.439. The van der Waals surface area contributed by atoms with E-state index in [1.54, 1.807) is 12.1 Å². The molecule has 2 aromatic rings. The highest BCUT2D eigenvalue weighted by atomic mass is 16.2. The van der Waals surface area contributed by atoms with Crippen LogP contribution >= 0.6 is 0 Å². The third-order valence-electron chi connectivity index (χ3n) is 4.24. The average molecular weight is 323 g/mol. The maximum Gasteiger partial charge on any atom is 0.259 e. The second-order valence-electron chi connectivity index (χ2n) is 6.38. The number of carbonyl (C=O) groups is 2. The Bertz CT molecular complexity index is 751. The zero-order valence-corrected chi connectivity index (χ0v) is 13.7. The van der Waals surface area contributed by atoms with Crippen LogP contribution in [0.2, 0.25) is 0 Å². The lowest BCUT2D eigenvalue weighted by Crippen LogP contribution is -2.36. The maximum atomic E-state index is 12.1.